The number of aromatic nitrogens is 1. The van der Waals surface area contributed by atoms with Crippen LogP contribution in [0, 0.1) is 6.92 Å². The molecule has 0 saturated heterocycles. The Morgan fingerprint density at radius 2 is 1.96 bits per heavy atom. The van der Waals surface area contributed by atoms with Gasteiger partial charge in [-0.3, -0.25) is 9.59 Å². The molecule has 0 spiro atoms. The molecule has 28 heavy (non-hydrogen) atoms. The number of ether oxygens (including phenoxy) is 1. The fourth-order valence-electron chi connectivity index (χ4n) is 2.65. The lowest BCUT2D eigenvalue weighted by atomic mass is 10.1. The highest BCUT2D eigenvalue weighted by Gasteiger charge is 2.13. The maximum absolute atomic E-state index is 12.4. The molecule has 0 fully saturated rings. The average Bonchev–Trinajstić information content (AvgIpc) is 3.13. The Morgan fingerprint density at radius 3 is 2.71 bits per heavy atom. The van der Waals surface area contributed by atoms with Gasteiger partial charge in [-0.05, 0) is 38.1 Å². The Hall–Kier alpha value is -3.19. The number of carbonyl (C=O) groups excluding carboxylic acids is 2. The van der Waals surface area contributed by atoms with Crippen LogP contribution >= 0.6 is 11.3 Å². The SMILES string of the molecule is CCOc1ccccc1C(=O)NCC(=O)Nc1cccc(-c2csc(C)n2)c1. The maximum Gasteiger partial charge on any atom is 0.255 e. The standard InChI is InChI=1S/C21H21N3O3S/c1-3-27-19-10-5-4-9-17(19)21(26)22-12-20(25)24-16-8-6-7-15(11-16)18-13-28-14(2)23-18/h4-11,13H,3,12H2,1-2H3,(H,22,26)(H,24,25). The topological polar surface area (TPSA) is 80.3 Å². The van der Waals surface area contributed by atoms with Crippen molar-refractivity contribution in [1.82, 2.24) is 10.3 Å². The molecule has 0 bridgehead atoms. The number of nitrogens with one attached hydrogen (secondary N) is 2. The Morgan fingerprint density at radius 1 is 1.14 bits per heavy atom. The van der Waals surface area contributed by atoms with Gasteiger partial charge in [-0.25, -0.2) is 4.98 Å². The molecule has 144 valence electrons. The van der Waals surface area contributed by atoms with E-state index in [0.717, 1.165) is 16.3 Å². The number of hydrogen-bond donors (Lipinski definition) is 2. The van der Waals surface area contributed by atoms with Crippen molar-refractivity contribution in [3.05, 3.63) is 64.5 Å². The molecule has 3 rings (SSSR count). The van der Waals surface area contributed by atoms with Crippen LogP contribution in [0.1, 0.15) is 22.3 Å². The Bertz CT molecular complexity index is 984. The van der Waals surface area contributed by atoms with E-state index in [1.165, 1.54) is 0 Å². The molecule has 0 atom stereocenters. The van der Waals surface area contributed by atoms with Crippen molar-refractivity contribution < 1.29 is 14.3 Å². The number of para-hydroxylation sites is 1. The summed E-state index contributed by atoms with van der Waals surface area (Å²) in [5, 5.41) is 8.39. The van der Waals surface area contributed by atoms with Crippen LogP contribution in [0.15, 0.2) is 53.9 Å². The van der Waals surface area contributed by atoms with Gasteiger partial charge in [0.1, 0.15) is 5.75 Å². The molecular weight excluding hydrogens is 374 g/mol. The molecular formula is C21H21N3O3S. The van der Waals surface area contributed by atoms with E-state index in [0.29, 0.717) is 23.6 Å². The van der Waals surface area contributed by atoms with Gasteiger partial charge < -0.3 is 15.4 Å². The highest BCUT2D eigenvalue weighted by atomic mass is 32.1. The summed E-state index contributed by atoms with van der Waals surface area (Å²) in [6, 6.07) is 14.4. The number of anilines is 1. The summed E-state index contributed by atoms with van der Waals surface area (Å²) in [6.45, 7) is 4.12. The molecule has 2 N–H and O–H groups in total. The average molecular weight is 395 g/mol. The van der Waals surface area contributed by atoms with Gasteiger partial charge in [-0.2, -0.15) is 0 Å². The predicted octanol–water partition coefficient (Wildman–Crippen LogP) is 3.89. The maximum atomic E-state index is 12.4. The van der Waals surface area contributed by atoms with E-state index in [2.05, 4.69) is 15.6 Å². The van der Waals surface area contributed by atoms with Crippen LogP contribution in [0.25, 0.3) is 11.3 Å². The summed E-state index contributed by atoms with van der Waals surface area (Å²) in [7, 11) is 0. The van der Waals surface area contributed by atoms with Gasteiger partial charge >= 0.3 is 0 Å². The van der Waals surface area contributed by atoms with E-state index in [1.54, 1.807) is 41.7 Å². The summed E-state index contributed by atoms with van der Waals surface area (Å²) in [6.07, 6.45) is 0. The minimum atomic E-state index is -0.356. The molecule has 2 aromatic carbocycles. The monoisotopic (exact) mass is 395 g/mol. The molecule has 0 aliphatic heterocycles. The van der Waals surface area contributed by atoms with Crippen LogP contribution < -0.4 is 15.4 Å². The van der Waals surface area contributed by atoms with Crippen molar-refractivity contribution in [1.29, 1.82) is 0 Å². The van der Waals surface area contributed by atoms with Crippen LogP contribution in [-0.2, 0) is 4.79 Å². The van der Waals surface area contributed by atoms with E-state index in [4.69, 9.17) is 4.74 Å². The molecule has 0 radical (unpaired) electrons. The van der Waals surface area contributed by atoms with Crippen molar-refractivity contribution >= 4 is 28.8 Å². The smallest absolute Gasteiger partial charge is 0.255 e. The Kier molecular flexibility index (Phi) is 6.39. The normalized spacial score (nSPS) is 10.4. The second kappa shape index (κ2) is 9.14. The first-order chi connectivity index (χ1) is 13.6. The zero-order valence-corrected chi connectivity index (χ0v) is 16.5. The van der Waals surface area contributed by atoms with E-state index in [-0.39, 0.29) is 18.4 Å². The van der Waals surface area contributed by atoms with Gasteiger partial charge in [0.2, 0.25) is 5.91 Å². The van der Waals surface area contributed by atoms with Crippen molar-refractivity contribution in [3.8, 4) is 17.0 Å². The molecule has 3 aromatic rings. The second-order valence-electron chi connectivity index (χ2n) is 5.99. The molecule has 1 heterocycles. The van der Waals surface area contributed by atoms with Gasteiger partial charge in [0, 0.05) is 16.6 Å². The van der Waals surface area contributed by atoms with Gasteiger partial charge in [-0.1, -0.05) is 24.3 Å². The van der Waals surface area contributed by atoms with Crippen LogP contribution in [0.5, 0.6) is 5.75 Å². The first kappa shape index (κ1) is 19.6. The van der Waals surface area contributed by atoms with Gasteiger partial charge in [0.15, 0.2) is 0 Å². The van der Waals surface area contributed by atoms with Crippen LogP contribution in [0.3, 0.4) is 0 Å². The Labute approximate surface area is 167 Å². The highest BCUT2D eigenvalue weighted by molar-refractivity contribution is 7.09. The third-order valence-electron chi connectivity index (χ3n) is 3.90. The number of amides is 2. The van der Waals surface area contributed by atoms with Crippen molar-refractivity contribution in [2.75, 3.05) is 18.5 Å². The summed E-state index contributed by atoms with van der Waals surface area (Å²) < 4.78 is 5.45. The molecule has 0 aliphatic rings. The number of nitrogens with zero attached hydrogens (tertiary/aromatic N) is 1. The first-order valence-corrected chi connectivity index (χ1v) is 9.77. The predicted molar refractivity (Wildman–Crippen MR) is 111 cm³/mol. The molecule has 0 unspecified atom stereocenters. The summed E-state index contributed by atoms with van der Waals surface area (Å²) in [5.74, 6) is -0.172. The van der Waals surface area contributed by atoms with E-state index in [9.17, 15) is 9.59 Å². The van der Waals surface area contributed by atoms with E-state index in [1.807, 2.05) is 37.4 Å². The van der Waals surface area contributed by atoms with Crippen molar-refractivity contribution in [2.45, 2.75) is 13.8 Å². The van der Waals surface area contributed by atoms with Crippen molar-refractivity contribution in [3.63, 3.8) is 0 Å². The lowest BCUT2D eigenvalue weighted by Gasteiger charge is -2.11. The van der Waals surface area contributed by atoms with Crippen LogP contribution in [0.4, 0.5) is 5.69 Å². The lowest BCUT2D eigenvalue weighted by molar-refractivity contribution is -0.115. The second-order valence-corrected chi connectivity index (χ2v) is 7.05. The minimum absolute atomic E-state index is 0.140. The first-order valence-electron chi connectivity index (χ1n) is 8.89. The fraction of sp³-hybridized carbons (Fsp3) is 0.190. The van der Waals surface area contributed by atoms with Gasteiger partial charge in [0.25, 0.3) is 5.91 Å². The van der Waals surface area contributed by atoms with E-state index < -0.39 is 0 Å². The quantitative estimate of drug-likeness (QED) is 0.636. The fourth-order valence-corrected chi connectivity index (χ4v) is 3.27. The number of carbonyl (C=O) groups is 2. The number of aryl methyl sites for hydroxylation is 1. The third-order valence-corrected chi connectivity index (χ3v) is 4.68. The van der Waals surface area contributed by atoms with Gasteiger partial charge in [0.05, 0.1) is 29.4 Å². The van der Waals surface area contributed by atoms with Crippen LogP contribution in [-0.4, -0.2) is 29.9 Å². The summed E-state index contributed by atoms with van der Waals surface area (Å²) >= 11 is 1.58. The van der Waals surface area contributed by atoms with Crippen molar-refractivity contribution in [2.24, 2.45) is 0 Å². The molecule has 7 heteroatoms. The number of thiazole rings is 1. The third kappa shape index (κ3) is 4.95. The molecule has 6 nitrogen and oxygen atoms in total. The summed E-state index contributed by atoms with van der Waals surface area (Å²) in [5.41, 5.74) is 2.85. The van der Waals surface area contributed by atoms with E-state index >= 15 is 0 Å². The number of hydrogen-bond acceptors (Lipinski definition) is 5. The largest absolute Gasteiger partial charge is 0.493 e. The molecule has 1 aromatic heterocycles. The highest BCUT2D eigenvalue weighted by Crippen LogP contribution is 2.24. The van der Waals surface area contributed by atoms with Crippen LogP contribution in [0.2, 0.25) is 0 Å². The van der Waals surface area contributed by atoms with Gasteiger partial charge in [-0.15, -0.1) is 11.3 Å². The molecule has 0 aliphatic carbocycles. The molecule has 0 saturated carbocycles. The minimum Gasteiger partial charge on any atom is -0.493 e. The number of benzene rings is 2. The zero-order chi connectivity index (χ0) is 19.9. The number of rotatable bonds is 7. The summed E-state index contributed by atoms with van der Waals surface area (Å²) in [4.78, 5) is 29.1. The zero-order valence-electron chi connectivity index (χ0n) is 15.7. The molecule has 2 amide bonds. The lowest BCUT2D eigenvalue weighted by Crippen LogP contribution is -2.33. The Balaban J connectivity index is 1.60.